The molecule has 20 heavy (non-hydrogen) atoms. The summed E-state index contributed by atoms with van der Waals surface area (Å²) in [5, 5.41) is 6.14. The maximum Gasteiger partial charge on any atom is 0.307 e. The summed E-state index contributed by atoms with van der Waals surface area (Å²) in [5.74, 6) is 0.930. The van der Waals surface area contributed by atoms with Crippen LogP contribution < -0.4 is 5.32 Å². The van der Waals surface area contributed by atoms with Gasteiger partial charge >= 0.3 is 5.97 Å². The average Bonchev–Trinajstić information content (AvgIpc) is 2.94. The normalized spacial score (nSPS) is 11.1. The number of carbonyl (C=O) groups excluding carboxylic acids is 1. The Morgan fingerprint density at radius 1 is 1.45 bits per heavy atom. The predicted molar refractivity (Wildman–Crippen MR) is 74.7 cm³/mol. The minimum absolute atomic E-state index is 0.255. The molecule has 0 aliphatic rings. The van der Waals surface area contributed by atoms with E-state index in [9.17, 15) is 4.79 Å². The van der Waals surface area contributed by atoms with Gasteiger partial charge in [-0.1, -0.05) is 6.07 Å². The lowest BCUT2D eigenvalue weighted by Crippen LogP contribution is -2.10. The van der Waals surface area contributed by atoms with Crippen molar-refractivity contribution in [3.63, 3.8) is 0 Å². The highest BCUT2D eigenvalue weighted by molar-refractivity contribution is 5.80. The molecule has 7 heteroatoms. The van der Waals surface area contributed by atoms with Crippen LogP contribution in [0.4, 0.5) is 5.95 Å². The monoisotopic (exact) mass is 273 g/mol. The molecule has 2 heterocycles. The van der Waals surface area contributed by atoms with Gasteiger partial charge in [0.2, 0.25) is 5.95 Å². The molecule has 2 aromatic heterocycles. The van der Waals surface area contributed by atoms with Gasteiger partial charge in [0, 0.05) is 6.54 Å². The Morgan fingerprint density at radius 3 is 3.10 bits per heavy atom. The van der Waals surface area contributed by atoms with Crippen LogP contribution in [-0.2, 0) is 9.53 Å². The van der Waals surface area contributed by atoms with E-state index in [2.05, 4.69) is 25.1 Å². The second kappa shape index (κ2) is 4.84. The number of H-pyrrole nitrogens is 1. The molecule has 0 fully saturated rings. The molecule has 0 spiro atoms. The topological polar surface area (TPSA) is 84.3 Å². The van der Waals surface area contributed by atoms with Gasteiger partial charge in [-0.2, -0.15) is 4.98 Å². The molecule has 7 nitrogen and oxygen atoms in total. The summed E-state index contributed by atoms with van der Waals surface area (Å²) in [4.78, 5) is 19.8. The smallest absolute Gasteiger partial charge is 0.307 e. The second-order valence-electron chi connectivity index (χ2n) is 4.56. The number of methoxy groups -OCH3 is 1. The minimum Gasteiger partial charge on any atom is -0.469 e. The van der Waals surface area contributed by atoms with Gasteiger partial charge in [-0.05, 0) is 24.6 Å². The largest absolute Gasteiger partial charge is 0.469 e. The molecule has 0 aliphatic carbocycles. The number of hydrogen-bond acceptors (Lipinski definition) is 5. The maximum absolute atomic E-state index is 11.0. The molecule has 0 radical (unpaired) electrons. The van der Waals surface area contributed by atoms with Crippen molar-refractivity contribution in [3.8, 4) is 0 Å². The zero-order valence-electron chi connectivity index (χ0n) is 11.3. The van der Waals surface area contributed by atoms with E-state index in [1.807, 2.05) is 29.6 Å². The van der Waals surface area contributed by atoms with Crippen LogP contribution in [0.2, 0.25) is 0 Å². The predicted octanol–water partition coefficient (Wildman–Crippen LogP) is 1.49. The number of aromatic amines is 1. The summed E-state index contributed by atoms with van der Waals surface area (Å²) >= 11 is 0. The number of aromatic nitrogens is 4. The number of nitrogens with one attached hydrogen (secondary N) is 2. The Hall–Kier alpha value is -2.57. The van der Waals surface area contributed by atoms with Crippen LogP contribution in [-0.4, -0.2) is 39.2 Å². The van der Waals surface area contributed by atoms with E-state index >= 15 is 0 Å². The number of aryl methyl sites for hydroxylation is 1. The number of fused-ring (bicyclic) bond motifs is 3. The number of esters is 1. The van der Waals surface area contributed by atoms with Crippen LogP contribution in [0.25, 0.3) is 16.8 Å². The summed E-state index contributed by atoms with van der Waals surface area (Å²) in [6.07, 6.45) is 0.291. The molecule has 0 bridgehead atoms. The first kappa shape index (κ1) is 12.5. The van der Waals surface area contributed by atoms with Crippen molar-refractivity contribution in [2.45, 2.75) is 13.3 Å². The Labute approximate surface area is 114 Å². The van der Waals surface area contributed by atoms with Crippen LogP contribution in [0.1, 0.15) is 12.0 Å². The van der Waals surface area contributed by atoms with Crippen molar-refractivity contribution in [1.29, 1.82) is 0 Å². The molecule has 0 aliphatic heterocycles. The highest BCUT2D eigenvalue weighted by Gasteiger charge is 2.09. The minimum atomic E-state index is -0.255. The van der Waals surface area contributed by atoms with Crippen molar-refractivity contribution in [2.75, 3.05) is 19.0 Å². The average molecular weight is 273 g/mol. The zero-order chi connectivity index (χ0) is 14.1. The molecule has 0 saturated heterocycles. The van der Waals surface area contributed by atoms with E-state index in [1.54, 1.807) is 0 Å². The fourth-order valence-corrected chi connectivity index (χ4v) is 2.06. The molecule has 0 atom stereocenters. The number of imidazole rings is 1. The zero-order valence-corrected chi connectivity index (χ0v) is 11.3. The second-order valence-corrected chi connectivity index (χ2v) is 4.56. The number of rotatable bonds is 4. The van der Waals surface area contributed by atoms with Crippen LogP contribution in [0.5, 0.6) is 0 Å². The molecule has 104 valence electrons. The number of ether oxygens (including phenoxy) is 1. The summed E-state index contributed by atoms with van der Waals surface area (Å²) in [6, 6.07) is 6.05. The van der Waals surface area contributed by atoms with E-state index in [1.165, 1.54) is 7.11 Å². The lowest BCUT2D eigenvalue weighted by Gasteiger charge is -2.00. The number of anilines is 1. The molecular weight excluding hydrogens is 258 g/mol. The molecule has 3 rings (SSSR count). The Morgan fingerprint density at radius 2 is 2.30 bits per heavy atom. The van der Waals surface area contributed by atoms with Crippen LogP contribution in [0, 0.1) is 6.92 Å². The first-order valence-corrected chi connectivity index (χ1v) is 6.33. The van der Waals surface area contributed by atoms with Gasteiger partial charge in [-0.3, -0.25) is 9.89 Å². The molecule has 0 unspecified atom stereocenters. The van der Waals surface area contributed by atoms with Gasteiger partial charge in [0.15, 0.2) is 0 Å². The van der Waals surface area contributed by atoms with Gasteiger partial charge in [0.1, 0.15) is 0 Å². The maximum atomic E-state index is 11.0. The number of benzene rings is 1. The van der Waals surface area contributed by atoms with Gasteiger partial charge in [-0.15, -0.1) is 0 Å². The van der Waals surface area contributed by atoms with Crippen molar-refractivity contribution < 1.29 is 9.53 Å². The highest BCUT2D eigenvalue weighted by atomic mass is 16.5. The Bertz CT molecular complexity index is 774. The molecular formula is C13H15N5O2. The first-order valence-electron chi connectivity index (χ1n) is 6.33. The van der Waals surface area contributed by atoms with E-state index in [-0.39, 0.29) is 5.97 Å². The third-order valence-electron chi connectivity index (χ3n) is 3.07. The number of nitrogens with zero attached hydrogens (tertiary/aromatic N) is 3. The first-order chi connectivity index (χ1) is 9.67. The Kier molecular flexibility index (Phi) is 3.02. The quantitative estimate of drug-likeness (QED) is 0.704. The summed E-state index contributed by atoms with van der Waals surface area (Å²) in [5.41, 5.74) is 3.04. The van der Waals surface area contributed by atoms with E-state index in [0.717, 1.165) is 16.6 Å². The van der Waals surface area contributed by atoms with Crippen LogP contribution >= 0.6 is 0 Å². The SMILES string of the molecule is COC(=O)CCNc1nc2nc3cc(C)ccc3n2[nH]1. The van der Waals surface area contributed by atoms with Crippen molar-refractivity contribution in [1.82, 2.24) is 19.6 Å². The van der Waals surface area contributed by atoms with Gasteiger partial charge in [0.25, 0.3) is 5.78 Å². The van der Waals surface area contributed by atoms with Gasteiger partial charge < -0.3 is 10.1 Å². The van der Waals surface area contributed by atoms with Crippen molar-refractivity contribution in [2.24, 2.45) is 0 Å². The number of carbonyl (C=O) groups is 1. The van der Waals surface area contributed by atoms with E-state index in [0.29, 0.717) is 24.7 Å². The molecule has 0 saturated carbocycles. The standard InChI is InChI=1S/C13H15N5O2/c1-8-3-4-10-9(7-8)15-13-16-12(17-18(10)13)14-6-5-11(19)20-2/h3-4,7H,5-6H2,1-2H3,(H2,14,15,16,17). The molecule has 0 amide bonds. The van der Waals surface area contributed by atoms with Crippen molar-refractivity contribution >= 4 is 28.7 Å². The molecule has 1 aromatic carbocycles. The summed E-state index contributed by atoms with van der Waals surface area (Å²) in [6.45, 7) is 2.49. The molecule has 3 aromatic rings. The van der Waals surface area contributed by atoms with Gasteiger partial charge in [-0.25, -0.2) is 9.50 Å². The third-order valence-corrected chi connectivity index (χ3v) is 3.07. The summed E-state index contributed by atoms with van der Waals surface area (Å²) < 4.78 is 6.39. The van der Waals surface area contributed by atoms with Gasteiger partial charge in [0.05, 0.1) is 24.6 Å². The number of hydrogen-bond donors (Lipinski definition) is 2. The lowest BCUT2D eigenvalue weighted by atomic mass is 10.2. The van der Waals surface area contributed by atoms with E-state index < -0.39 is 0 Å². The fraction of sp³-hybridized carbons (Fsp3) is 0.308. The fourth-order valence-electron chi connectivity index (χ4n) is 2.06. The Balaban J connectivity index is 1.82. The molecule has 2 N–H and O–H groups in total. The van der Waals surface area contributed by atoms with Crippen LogP contribution in [0.3, 0.4) is 0 Å². The van der Waals surface area contributed by atoms with Crippen LogP contribution in [0.15, 0.2) is 18.2 Å². The summed E-state index contributed by atoms with van der Waals surface area (Å²) in [7, 11) is 1.37. The highest BCUT2D eigenvalue weighted by Crippen LogP contribution is 2.17. The lowest BCUT2D eigenvalue weighted by molar-refractivity contribution is -0.140. The van der Waals surface area contributed by atoms with Crippen molar-refractivity contribution in [3.05, 3.63) is 23.8 Å². The van der Waals surface area contributed by atoms with E-state index in [4.69, 9.17) is 0 Å². The third kappa shape index (κ3) is 2.18.